The first-order chi connectivity index (χ1) is 18.3. The number of para-hydroxylation sites is 1. The van der Waals surface area contributed by atoms with Gasteiger partial charge in [-0.05, 0) is 53.8 Å². The summed E-state index contributed by atoms with van der Waals surface area (Å²) in [5.41, 5.74) is 3.50. The number of carbonyl (C=O) groups excluding carboxylic acids is 2. The molecular formula is C31H27N3O4. The fraction of sp³-hybridized carbons (Fsp3) is 0.194. The molecule has 1 aliphatic heterocycles. The Bertz CT molecular complexity index is 1630. The molecule has 0 bridgehead atoms. The van der Waals surface area contributed by atoms with E-state index in [1.54, 1.807) is 36.4 Å². The number of Topliss-reactive ketones (excluding diaryl/α,β-unsaturated/α-hetero) is 1. The maximum Gasteiger partial charge on any atom is 0.343 e. The lowest BCUT2D eigenvalue weighted by Crippen LogP contribution is -2.35. The van der Waals surface area contributed by atoms with Crippen LogP contribution in [0.15, 0.2) is 101 Å². The molecule has 0 radical (unpaired) electrons. The minimum atomic E-state index is -0.544. The molecule has 0 saturated carbocycles. The topological polar surface area (TPSA) is 93.2 Å². The molecule has 4 aromatic rings. The van der Waals surface area contributed by atoms with Crippen LogP contribution in [0.1, 0.15) is 54.1 Å². The molecule has 0 unspecified atom stereocenters. The number of anilines is 1. The number of fused-ring (bicyclic) bond motifs is 1. The number of allylic oxidation sites excluding steroid dienone is 2. The molecule has 0 saturated heterocycles. The van der Waals surface area contributed by atoms with E-state index in [2.05, 4.69) is 24.3 Å². The van der Waals surface area contributed by atoms with E-state index in [0.717, 1.165) is 11.3 Å². The Morgan fingerprint density at radius 2 is 1.55 bits per heavy atom. The van der Waals surface area contributed by atoms with Crippen molar-refractivity contribution in [2.45, 2.75) is 32.6 Å². The third-order valence-electron chi connectivity index (χ3n) is 7.15. The molecule has 7 nitrogen and oxygen atoms in total. The molecule has 1 aromatic heterocycles. The van der Waals surface area contributed by atoms with Gasteiger partial charge in [-0.25, -0.2) is 9.48 Å². The van der Waals surface area contributed by atoms with Crippen molar-refractivity contribution in [2.24, 2.45) is 5.41 Å². The molecule has 2 N–H and O–H groups in total. The first-order valence-electron chi connectivity index (χ1n) is 12.6. The number of rotatable bonds is 4. The van der Waals surface area contributed by atoms with Crippen molar-refractivity contribution in [3.05, 3.63) is 123 Å². The lowest BCUT2D eigenvalue weighted by atomic mass is 9.69. The van der Waals surface area contributed by atoms with E-state index in [-0.39, 0.29) is 16.8 Å². The number of carbonyl (C=O) groups is 2. The molecule has 0 amide bonds. The average molecular weight is 506 g/mol. The van der Waals surface area contributed by atoms with E-state index in [1.165, 1.54) is 4.68 Å². The smallest absolute Gasteiger partial charge is 0.343 e. The highest BCUT2D eigenvalue weighted by Gasteiger charge is 2.43. The van der Waals surface area contributed by atoms with Crippen LogP contribution < -0.4 is 15.6 Å². The average Bonchev–Trinajstić information content (AvgIpc) is 3.24. The third-order valence-corrected chi connectivity index (χ3v) is 7.15. The van der Waals surface area contributed by atoms with E-state index in [4.69, 9.17) is 4.74 Å². The number of hydrogen-bond donors (Lipinski definition) is 2. The summed E-state index contributed by atoms with van der Waals surface area (Å²) in [6.45, 7) is 4.16. The zero-order valence-corrected chi connectivity index (χ0v) is 21.2. The molecule has 0 fully saturated rings. The molecule has 7 heteroatoms. The van der Waals surface area contributed by atoms with Crippen LogP contribution in [0.5, 0.6) is 5.75 Å². The number of H-pyrrole nitrogens is 1. The van der Waals surface area contributed by atoms with Crippen LogP contribution in [0.2, 0.25) is 0 Å². The number of esters is 1. The molecular weight excluding hydrogens is 478 g/mol. The Balaban J connectivity index is 1.42. The van der Waals surface area contributed by atoms with Gasteiger partial charge in [0.15, 0.2) is 5.78 Å². The first kappa shape index (κ1) is 23.7. The summed E-state index contributed by atoms with van der Waals surface area (Å²) >= 11 is 0. The van der Waals surface area contributed by atoms with Crippen molar-refractivity contribution < 1.29 is 14.3 Å². The van der Waals surface area contributed by atoms with Gasteiger partial charge in [-0.3, -0.25) is 14.7 Å². The molecule has 190 valence electrons. The number of nitrogens with zero attached hydrogens (tertiary/aromatic N) is 1. The zero-order chi connectivity index (χ0) is 26.4. The number of ketones is 1. The van der Waals surface area contributed by atoms with Crippen LogP contribution in [0.4, 0.5) is 5.82 Å². The zero-order valence-electron chi connectivity index (χ0n) is 21.2. The van der Waals surface area contributed by atoms with E-state index in [0.29, 0.717) is 46.8 Å². The highest BCUT2D eigenvalue weighted by atomic mass is 16.5. The molecule has 2 aliphatic rings. The van der Waals surface area contributed by atoms with Crippen molar-refractivity contribution >= 4 is 17.6 Å². The van der Waals surface area contributed by atoms with Crippen LogP contribution in [0.25, 0.3) is 5.69 Å². The minimum Gasteiger partial charge on any atom is -0.423 e. The van der Waals surface area contributed by atoms with Gasteiger partial charge in [-0.1, -0.05) is 62.4 Å². The van der Waals surface area contributed by atoms with Crippen molar-refractivity contribution in [1.82, 2.24) is 9.78 Å². The Morgan fingerprint density at radius 1 is 0.895 bits per heavy atom. The fourth-order valence-corrected chi connectivity index (χ4v) is 5.45. The highest BCUT2D eigenvalue weighted by molar-refractivity contribution is 6.01. The summed E-state index contributed by atoms with van der Waals surface area (Å²) in [6.07, 6.45) is 1.10. The van der Waals surface area contributed by atoms with Gasteiger partial charge in [0.05, 0.1) is 16.8 Å². The Hall–Kier alpha value is -4.65. The minimum absolute atomic E-state index is 0.0332. The van der Waals surface area contributed by atoms with Crippen molar-refractivity contribution in [3.63, 3.8) is 0 Å². The van der Waals surface area contributed by atoms with E-state index < -0.39 is 11.9 Å². The quantitative estimate of drug-likeness (QED) is 0.279. The summed E-state index contributed by atoms with van der Waals surface area (Å²) < 4.78 is 7.06. The summed E-state index contributed by atoms with van der Waals surface area (Å²) in [5.74, 6) is 0.0161. The van der Waals surface area contributed by atoms with Crippen LogP contribution in [0.3, 0.4) is 0 Å². The SMILES string of the molecule is CC1(C)CC(=O)C2=C(C1)Nc1[nH]n(-c3ccccc3)c(=O)c1[C@H]2c1ccc(OC(=O)c2ccccc2)cc1. The molecule has 2 heterocycles. The van der Waals surface area contributed by atoms with E-state index >= 15 is 0 Å². The number of nitrogens with one attached hydrogen (secondary N) is 2. The van der Waals surface area contributed by atoms with E-state index in [9.17, 15) is 14.4 Å². The van der Waals surface area contributed by atoms with Gasteiger partial charge in [0.1, 0.15) is 11.6 Å². The Labute approximate surface area is 219 Å². The van der Waals surface area contributed by atoms with Crippen molar-refractivity contribution in [2.75, 3.05) is 5.32 Å². The summed E-state index contributed by atoms with van der Waals surface area (Å²) in [5, 5.41) is 6.61. The summed E-state index contributed by atoms with van der Waals surface area (Å²) in [7, 11) is 0. The Morgan fingerprint density at radius 3 is 2.24 bits per heavy atom. The second-order valence-electron chi connectivity index (χ2n) is 10.6. The van der Waals surface area contributed by atoms with Gasteiger partial charge in [-0.15, -0.1) is 0 Å². The number of hydrogen-bond acceptors (Lipinski definition) is 5. The number of benzene rings is 3. The standard InChI is InChI=1S/C31H27N3O4/c1-31(2)17-23-26(24(35)18-31)25(27-28(32-23)33-34(29(27)36)21-11-7-4-8-12-21)19-13-15-22(16-14-19)38-30(37)20-9-5-3-6-10-20/h3-16,25,32-33H,17-18H2,1-2H3/t25-/m0/s1. The second-order valence-corrected chi connectivity index (χ2v) is 10.6. The molecule has 1 atom stereocenters. The van der Waals surface area contributed by atoms with Gasteiger partial charge in [0.2, 0.25) is 0 Å². The monoisotopic (exact) mass is 505 g/mol. The Kier molecular flexibility index (Phi) is 5.64. The van der Waals surface area contributed by atoms with Gasteiger partial charge < -0.3 is 10.1 Å². The number of aromatic amines is 1. The number of ether oxygens (including phenoxy) is 1. The maximum atomic E-state index is 13.8. The van der Waals surface area contributed by atoms with Gasteiger partial charge in [0, 0.05) is 23.6 Å². The van der Waals surface area contributed by atoms with Crippen molar-refractivity contribution in [1.29, 1.82) is 0 Å². The van der Waals surface area contributed by atoms with Gasteiger partial charge >= 0.3 is 5.97 Å². The summed E-state index contributed by atoms with van der Waals surface area (Å²) in [6, 6.07) is 25.2. The number of aromatic nitrogens is 2. The largest absolute Gasteiger partial charge is 0.423 e. The molecule has 38 heavy (non-hydrogen) atoms. The summed E-state index contributed by atoms with van der Waals surface area (Å²) in [4.78, 5) is 39.8. The van der Waals surface area contributed by atoms with Crippen LogP contribution in [-0.4, -0.2) is 21.5 Å². The van der Waals surface area contributed by atoms with Gasteiger partial charge in [-0.2, -0.15) is 0 Å². The first-order valence-corrected chi connectivity index (χ1v) is 12.6. The second kappa shape index (κ2) is 9.03. The van der Waals surface area contributed by atoms with Crippen LogP contribution >= 0.6 is 0 Å². The lowest BCUT2D eigenvalue weighted by molar-refractivity contribution is -0.118. The highest BCUT2D eigenvalue weighted by Crippen LogP contribution is 2.48. The molecule has 1 aliphatic carbocycles. The van der Waals surface area contributed by atoms with Crippen LogP contribution in [0, 0.1) is 5.41 Å². The fourth-order valence-electron chi connectivity index (χ4n) is 5.45. The normalized spacial score (nSPS) is 17.8. The predicted molar refractivity (Wildman–Crippen MR) is 145 cm³/mol. The van der Waals surface area contributed by atoms with Gasteiger partial charge in [0.25, 0.3) is 5.56 Å². The molecule has 3 aromatic carbocycles. The molecule has 0 spiro atoms. The van der Waals surface area contributed by atoms with Crippen molar-refractivity contribution in [3.8, 4) is 11.4 Å². The molecule has 6 rings (SSSR count). The maximum absolute atomic E-state index is 13.8. The predicted octanol–water partition coefficient (Wildman–Crippen LogP) is 5.59. The van der Waals surface area contributed by atoms with Crippen LogP contribution in [-0.2, 0) is 4.79 Å². The van der Waals surface area contributed by atoms with E-state index in [1.807, 2.05) is 48.5 Å². The lowest BCUT2D eigenvalue weighted by Gasteiger charge is -2.37. The third kappa shape index (κ3) is 4.16.